The van der Waals surface area contributed by atoms with Gasteiger partial charge in [-0.2, -0.15) is 4.98 Å². The summed E-state index contributed by atoms with van der Waals surface area (Å²) in [5, 5.41) is 3.20. The van der Waals surface area contributed by atoms with Gasteiger partial charge in [0, 0.05) is 68.9 Å². The smallest absolute Gasteiger partial charge is 0.334 e. The monoisotopic (exact) mass is 546 g/mol. The quantitative estimate of drug-likeness (QED) is 0.272. The van der Waals surface area contributed by atoms with Crippen LogP contribution in [0.25, 0.3) is 22.9 Å². The predicted molar refractivity (Wildman–Crippen MR) is 157 cm³/mol. The molecular weight excluding hydrogens is 512 g/mol. The van der Waals surface area contributed by atoms with E-state index in [4.69, 9.17) is 15.2 Å². The number of rotatable bonds is 11. The van der Waals surface area contributed by atoms with Crippen LogP contribution in [0.15, 0.2) is 53.5 Å². The normalized spacial score (nSPS) is 11.4. The van der Waals surface area contributed by atoms with E-state index in [2.05, 4.69) is 25.1 Å². The number of anilines is 3. The highest BCUT2D eigenvalue weighted by Crippen LogP contribution is 2.35. The van der Waals surface area contributed by atoms with Crippen LogP contribution in [0.2, 0.25) is 0 Å². The SMILES string of the molecule is COc1ccc2c(c1)n(C)c(=O)n2-c1ccnc(Nc2cc(C=CC(N)=O)c(N(C)CCN(C)C)cc2OC)n1. The molecule has 0 aliphatic heterocycles. The lowest BCUT2D eigenvalue weighted by Gasteiger charge is -2.25. The Hall–Kier alpha value is -4.84. The Morgan fingerprint density at radius 1 is 1.07 bits per heavy atom. The number of amides is 1. The summed E-state index contributed by atoms with van der Waals surface area (Å²) in [6.07, 6.45) is 4.55. The van der Waals surface area contributed by atoms with Crippen molar-refractivity contribution >= 4 is 40.3 Å². The van der Waals surface area contributed by atoms with Crippen LogP contribution in [-0.4, -0.2) is 78.4 Å². The van der Waals surface area contributed by atoms with E-state index in [9.17, 15) is 9.59 Å². The standard InChI is InChI=1S/C28H34N8O4/c1-33(2)13-14-34(3)22-17-24(40-6)20(15-18(22)7-10-25(29)37)31-27-30-12-11-26(32-27)36-21-9-8-19(39-5)16-23(21)35(4)28(36)38/h7-12,15-17H,13-14H2,1-6H3,(H2,29,37)(H,30,31,32). The molecule has 1 amide bonds. The Bertz CT molecular complexity index is 1620. The number of aryl methyl sites for hydroxylation is 1. The van der Waals surface area contributed by atoms with E-state index in [0.717, 1.165) is 24.3 Å². The molecule has 0 aliphatic rings. The molecule has 0 fully saturated rings. The third kappa shape index (κ3) is 5.91. The van der Waals surface area contributed by atoms with E-state index >= 15 is 0 Å². The number of benzene rings is 2. The average molecular weight is 547 g/mol. The van der Waals surface area contributed by atoms with E-state index in [1.165, 1.54) is 10.6 Å². The van der Waals surface area contributed by atoms with Gasteiger partial charge in [-0.1, -0.05) is 0 Å². The molecule has 12 nitrogen and oxygen atoms in total. The number of nitrogens with one attached hydrogen (secondary N) is 1. The maximum atomic E-state index is 13.2. The number of fused-ring (bicyclic) bond motifs is 1. The van der Waals surface area contributed by atoms with E-state index in [1.807, 2.05) is 39.3 Å². The van der Waals surface area contributed by atoms with Crippen LogP contribution in [0, 0.1) is 0 Å². The average Bonchev–Trinajstić information content (AvgIpc) is 3.19. The Balaban J connectivity index is 1.75. The fraction of sp³-hybridized carbons (Fsp3) is 0.286. The molecule has 0 unspecified atom stereocenters. The maximum Gasteiger partial charge on any atom is 0.334 e. The summed E-state index contributed by atoms with van der Waals surface area (Å²) < 4.78 is 14.1. The van der Waals surface area contributed by atoms with Crippen LogP contribution in [0.5, 0.6) is 11.5 Å². The molecule has 2 aromatic carbocycles. The first-order valence-electron chi connectivity index (χ1n) is 12.5. The third-order valence-electron chi connectivity index (χ3n) is 6.45. The summed E-state index contributed by atoms with van der Waals surface area (Å²) >= 11 is 0. The van der Waals surface area contributed by atoms with Crippen molar-refractivity contribution in [2.75, 3.05) is 58.7 Å². The van der Waals surface area contributed by atoms with Crippen LogP contribution in [0.1, 0.15) is 5.56 Å². The van der Waals surface area contributed by atoms with Gasteiger partial charge in [0.25, 0.3) is 0 Å². The molecular formula is C28H34N8O4. The highest BCUT2D eigenvalue weighted by atomic mass is 16.5. The lowest BCUT2D eigenvalue weighted by atomic mass is 10.1. The number of hydrogen-bond acceptors (Lipinski definition) is 9. The minimum absolute atomic E-state index is 0.255. The molecule has 2 heterocycles. The van der Waals surface area contributed by atoms with Crippen molar-refractivity contribution in [3.8, 4) is 17.3 Å². The van der Waals surface area contributed by atoms with Gasteiger partial charge >= 0.3 is 5.69 Å². The Morgan fingerprint density at radius 2 is 1.85 bits per heavy atom. The molecule has 0 aliphatic carbocycles. The molecule has 40 heavy (non-hydrogen) atoms. The number of carbonyl (C=O) groups is 1. The second kappa shape index (κ2) is 11.9. The molecule has 0 spiro atoms. The lowest BCUT2D eigenvalue weighted by molar-refractivity contribution is -0.113. The zero-order valence-electron chi connectivity index (χ0n) is 23.5. The van der Waals surface area contributed by atoms with Gasteiger partial charge in [0.05, 0.1) is 30.9 Å². The maximum absolute atomic E-state index is 13.2. The van der Waals surface area contributed by atoms with Gasteiger partial charge in [-0.05, 0) is 38.4 Å². The number of nitrogens with zero attached hydrogens (tertiary/aromatic N) is 6. The Labute approximate surface area is 232 Å². The summed E-state index contributed by atoms with van der Waals surface area (Å²) in [5.41, 5.74) is 8.69. The zero-order valence-corrected chi connectivity index (χ0v) is 23.5. The molecule has 0 saturated heterocycles. The van der Waals surface area contributed by atoms with Gasteiger partial charge in [-0.25, -0.2) is 14.3 Å². The lowest BCUT2D eigenvalue weighted by Crippen LogP contribution is -2.29. The fourth-order valence-electron chi connectivity index (χ4n) is 4.28. The van der Waals surface area contributed by atoms with Gasteiger partial charge < -0.3 is 30.3 Å². The number of hydrogen-bond donors (Lipinski definition) is 2. The number of methoxy groups -OCH3 is 2. The molecule has 0 radical (unpaired) electrons. The largest absolute Gasteiger partial charge is 0.497 e. The molecule has 2 aromatic heterocycles. The van der Waals surface area contributed by atoms with Crippen LogP contribution in [0.3, 0.4) is 0 Å². The number of carbonyl (C=O) groups excluding carboxylic acids is 1. The topological polar surface area (TPSA) is 133 Å². The molecule has 4 rings (SSSR count). The van der Waals surface area contributed by atoms with Gasteiger partial charge in [-0.3, -0.25) is 9.36 Å². The summed E-state index contributed by atoms with van der Waals surface area (Å²) in [7, 11) is 10.8. The molecule has 0 saturated carbocycles. The van der Waals surface area contributed by atoms with Crippen LogP contribution in [-0.2, 0) is 11.8 Å². The first-order valence-corrected chi connectivity index (χ1v) is 12.5. The van der Waals surface area contributed by atoms with Crippen molar-refractivity contribution in [1.29, 1.82) is 0 Å². The van der Waals surface area contributed by atoms with Crippen molar-refractivity contribution in [2.24, 2.45) is 12.8 Å². The molecule has 4 aromatic rings. The highest BCUT2D eigenvalue weighted by molar-refractivity contribution is 5.92. The summed E-state index contributed by atoms with van der Waals surface area (Å²) in [6.45, 7) is 1.58. The van der Waals surface area contributed by atoms with E-state index in [1.54, 1.807) is 56.3 Å². The number of likely N-dealkylation sites (N-methyl/N-ethyl adjacent to an activating group) is 2. The predicted octanol–water partition coefficient (Wildman–Crippen LogP) is 2.38. The molecule has 210 valence electrons. The number of imidazole rings is 1. The third-order valence-corrected chi connectivity index (χ3v) is 6.45. The van der Waals surface area contributed by atoms with Crippen LogP contribution < -0.4 is 31.1 Å². The van der Waals surface area contributed by atoms with Crippen molar-refractivity contribution in [2.45, 2.75) is 0 Å². The van der Waals surface area contributed by atoms with Crippen molar-refractivity contribution in [3.05, 3.63) is 64.7 Å². The first-order chi connectivity index (χ1) is 19.1. The number of nitrogens with two attached hydrogens (primary N) is 1. The minimum Gasteiger partial charge on any atom is -0.497 e. The van der Waals surface area contributed by atoms with Crippen LogP contribution >= 0.6 is 0 Å². The van der Waals surface area contributed by atoms with E-state index < -0.39 is 5.91 Å². The molecule has 0 atom stereocenters. The second-order valence-corrected chi connectivity index (χ2v) is 9.47. The van der Waals surface area contributed by atoms with Crippen molar-refractivity contribution in [3.63, 3.8) is 0 Å². The summed E-state index contributed by atoms with van der Waals surface area (Å²) in [4.78, 5) is 37.8. The zero-order chi connectivity index (χ0) is 29.0. The van der Waals surface area contributed by atoms with Gasteiger partial charge in [0.2, 0.25) is 11.9 Å². The molecule has 0 bridgehead atoms. The minimum atomic E-state index is -0.554. The van der Waals surface area contributed by atoms with Crippen molar-refractivity contribution in [1.82, 2.24) is 24.0 Å². The van der Waals surface area contributed by atoms with Gasteiger partial charge in [0.15, 0.2) is 0 Å². The van der Waals surface area contributed by atoms with Crippen LogP contribution in [0.4, 0.5) is 17.3 Å². The Kier molecular flexibility index (Phi) is 8.39. The van der Waals surface area contributed by atoms with Gasteiger partial charge in [-0.15, -0.1) is 0 Å². The Morgan fingerprint density at radius 3 is 2.52 bits per heavy atom. The molecule has 3 N–H and O–H groups in total. The number of ether oxygens (including phenoxy) is 2. The van der Waals surface area contributed by atoms with Gasteiger partial charge in [0.1, 0.15) is 17.3 Å². The van der Waals surface area contributed by atoms with Crippen molar-refractivity contribution < 1.29 is 14.3 Å². The van der Waals surface area contributed by atoms with E-state index in [0.29, 0.717) is 34.0 Å². The summed E-state index contributed by atoms with van der Waals surface area (Å²) in [5.74, 6) is 1.29. The summed E-state index contributed by atoms with van der Waals surface area (Å²) in [6, 6.07) is 10.8. The first kappa shape index (κ1) is 28.2. The number of aromatic nitrogens is 4. The second-order valence-electron chi connectivity index (χ2n) is 9.47. The highest BCUT2D eigenvalue weighted by Gasteiger charge is 2.17. The fourth-order valence-corrected chi connectivity index (χ4v) is 4.28. The number of primary amides is 1. The van der Waals surface area contributed by atoms with E-state index in [-0.39, 0.29) is 11.6 Å². The molecule has 12 heteroatoms.